The Morgan fingerprint density at radius 2 is 2.23 bits per heavy atom. The van der Waals surface area contributed by atoms with Gasteiger partial charge in [-0.1, -0.05) is 17.7 Å². The first kappa shape index (κ1) is 8.85. The molecule has 1 fully saturated rings. The van der Waals surface area contributed by atoms with Crippen LogP contribution in [-0.2, 0) is 4.74 Å². The lowest BCUT2D eigenvalue weighted by Gasteiger charge is -2.28. The topological polar surface area (TPSA) is 21.3 Å². The average Bonchev–Trinajstić information content (AvgIpc) is 2.03. The van der Waals surface area contributed by atoms with Crippen molar-refractivity contribution in [1.82, 2.24) is 0 Å². The van der Waals surface area contributed by atoms with Crippen LogP contribution in [0.25, 0.3) is 0 Å². The van der Waals surface area contributed by atoms with Crippen LogP contribution in [-0.4, -0.2) is 19.3 Å². The van der Waals surface area contributed by atoms with Gasteiger partial charge in [0.1, 0.15) is 0 Å². The van der Waals surface area contributed by atoms with Gasteiger partial charge in [0.15, 0.2) is 0 Å². The highest BCUT2D eigenvalue weighted by Gasteiger charge is 2.18. The van der Waals surface area contributed by atoms with Crippen molar-refractivity contribution >= 4 is 17.3 Å². The number of hydrogen-bond donors (Lipinski definition) is 1. The first-order valence-corrected chi connectivity index (χ1v) is 4.74. The molecule has 3 heteroatoms. The molecule has 70 valence electrons. The fourth-order valence-electron chi connectivity index (χ4n) is 1.29. The fraction of sp³-hybridized carbons (Fsp3) is 0.400. The summed E-state index contributed by atoms with van der Waals surface area (Å²) in [5.41, 5.74) is 2.22. The van der Waals surface area contributed by atoms with Crippen molar-refractivity contribution in [1.29, 1.82) is 0 Å². The van der Waals surface area contributed by atoms with E-state index in [1.54, 1.807) is 0 Å². The summed E-state index contributed by atoms with van der Waals surface area (Å²) in [7, 11) is 0. The van der Waals surface area contributed by atoms with Crippen molar-refractivity contribution in [3.05, 3.63) is 28.8 Å². The summed E-state index contributed by atoms with van der Waals surface area (Å²) in [5, 5.41) is 4.11. The number of rotatable bonds is 2. The third-order valence-electron chi connectivity index (χ3n) is 2.12. The smallest absolute Gasteiger partial charge is 0.0729 e. The third kappa shape index (κ3) is 1.95. The molecule has 0 spiro atoms. The van der Waals surface area contributed by atoms with Gasteiger partial charge in [-0.15, -0.1) is 0 Å². The highest BCUT2D eigenvalue weighted by molar-refractivity contribution is 6.33. The minimum Gasteiger partial charge on any atom is -0.377 e. The molecule has 0 amide bonds. The second-order valence-corrected chi connectivity index (χ2v) is 3.77. The molecule has 0 bridgehead atoms. The standard InChI is InChI=1S/C10H12ClNO/c1-7-2-3-9(11)10(4-7)12-8-5-13-6-8/h2-4,8,12H,5-6H2,1H3. The minimum atomic E-state index is 0.430. The first-order chi connectivity index (χ1) is 6.25. The molecule has 0 atom stereocenters. The van der Waals surface area contributed by atoms with Gasteiger partial charge in [-0.05, 0) is 24.6 Å². The van der Waals surface area contributed by atoms with Crippen LogP contribution in [0.5, 0.6) is 0 Å². The summed E-state index contributed by atoms with van der Waals surface area (Å²) in [6, 6.07) is 6.41. The Morgan fingerprint density at radius 3 is 2.85 bits per heavy atom. The summed E-state index contributed by atoms with van der Waals surface area (Å²) in [5.74, 6) is 0. The van der Waals surface area contributed by atoms with E-state index in [-0.39, 0.29) is 0 Å². The molecule has 1 aromatic rings. The number of aryl methyl sites for hydroxylation is 1. The molecule has 2 rings (SSSR count). The van der Waals surface area contributed by atoms with E-state index >= 15 is 0 Å². The van der Waals surface area contributed by atoms with Crippen LogP contribution in [0.3, 0.4) is 0 Å². The number of nitrogens with one attached hydrogen (secondary N) is 1. The van der Waals surface area contributed by atoms with Crippen LogP contribution in [0, 0.1) is 6.92 Å². The molecule has 0 saturated carbocycles. The zero-order chi connectivity index (χ0) is 9.26. The molecule has 0 unspecified atom stereocenters. The Bertz CT molecular complexity index is 310. The Kier molecular flexibility index (Phi) is 2.42. The zero-order valence-corrected chi connectivity index (χ0v) is 8.27. The van der Waals surface area contributed by atoms with Crippen LogP contribution in [0.2, 0.25) is 5.02 Å². The lowest BCUT2D eigenvalue weighted by atomic mass is 10.2. The quantitative estimate of drug-likeness (QED) is 0.787. The van der Waals surface area contributed by atoms with Crippen LogP contribution < -0.4 is 5.32 Å². The Hall–Kier alpha value is -0.730. The van der Waals surface area contributed by atoms with E-state index in [4.69, 9.17) is 16.3 Å². The maximum absolute atomic E-state index is 6.02. The van der Waals surface area contributed by atoms with Crippen molar-refractivity contribution in [3.8, 4) is 0 Å². The molecule has 0 aliphatic carbocycles. The third-order valence-corrected chi connectivity index (χ3v) is 2.45. The molecule has 1 aromatic carbocycles. The SMILES string of the molecule is Cc1ccc(Cl)c(NC2COC2)c1. The lowest BCUT2D eigenvalue weighted by molar-refractivity contribution is 0.0211. The summed E-state index contributed by atoms with van der Waals surface area (Å²) in [6.07, 6.45) is 0. The number of hydrogen-bond acceptors (Lipinski definition) is 2. The number of anilines is 1. The number of halogens is 1. The first-order valence-electron chi connectivity index (χ1n) is 4.36. The highest BCUT2D eigenvalue weighted by atomic mass is 35.5. The Labute approximate surface area is 82.9 Å². The van der Waals surface area contributed by atoms with Gasteiger partial charge in [-0.3, -0.25) is 0 Å². The molecule has 1 heterocycles. The molecule has 1 aliphatic heterocycles. The molecule has 1 N–H and O–H groups in total. The molecule has 1 saturated heterocycles. The van der Waals surface area contributed by atoms with Gasteiger partial charge in [0, 0.05) is 0 Å². The van der Waals surface area contributed by atoms with E-state index in [1.807, 2.05) is 12.1 Å². The summed E-state index contributed by atoms with van der Waals surface area (Å²) < 4.78 is 5.07. The Balaban J connectivity index is 2.13. The van der Waals surface area contributed by atoms with E-state index < -0.39 is 0 Å². The number of ether oxygens (including phenoxy) is 1. The maximum Gasteiger partial charge on any atom is 0.0729 e. The van der Waals surface area contributed by atoms with E-state index in [0.717, 1.165) is 23.9 Å². The van der Waals surface area contributed by atoms with E-state index in [9.17, 15) is 0 Å². The zero-order valence-electron chi connectivity index (χ0n) is 7.51. The van der Waals surface area contributed by atoms with Gasteiger partial charge >= 0.3 is 0 Å². The van der Waals surface area contributed by atoms with Crippen molar-refractivity contribution in [2.75, 3.05) is 18.5 Å². The second-order valence-electron chi connectivity index (χ2n) is 3.36. The predicted molar refractivity (Wildman–Crippen MR) is 54.4 cm³/mol. The monoisotopic (exact) mass is 197 g/mol. The van der Waals surface area contributed by atoms with Crippen molar-refractivity contribution < 1.29 is 4.74 Å². The van der Waals surface area contributed by atoms with Gasteiger partial charge in [-0.25, -0.2) is 0 Å². The van der Waals surface area contributed by atoms with Crippen LogP contribution in [0.15, 0.2) is 18.2 Å². The van der Waals surface area contributed by atoms with Crippen molar-refractivity contribution in [3.63, 3.8) is 0 Å². The van der Waals surface area contributed by atoms with Gasteiger partial charge < -0.3 is 10.1 Å². The van der Waals surface area contributed by atoms with E-state index in [0.29, 0.717) is 6.04 Å². The number of benzene rings is 1. The van der Waals surface area contributed by atoms with Gasteiger partial charge in [0.25, 0.3) is 0 Å². The van der Waals surface area contributed by atoms with E-state index in [2.05, 4.69) is 18.3 Å². The summed E-state index contributed by atoms with van der Waals surface area (Å²) in [4.78, 5) is 0. The fourth-order valence-corrected chi connectivity index (χ4v) is 1.46. The molecule has 13 heavy (non-hydrogen) atoms. The van der Waals surface area contributed by atoms with E-state index in [1.165, 1.54) is 5.56 Å². The van der Waals surface area contributed by atoms with Crippen molar-refractivity contribution in [2.45, 2.75) is 13.0 Å². The molecular weight excluding hydrogens is 186 g/mol. The maximum atomic E-state index is 6.02. The second kappa shape index (κ2) is 3.56. The minimum absolute atomic E-state index is 0.430. The molecule has 0 radical (unpaired) electrons. The lowest BCUT2D eigenvalue weighted by Crippen LogP contribution is -2.40. The predicted octanol–water partition coefficient (Wildman–Crippen LogP) is 2.46. The molecule has 1 aliphatic rings. The van der Waals surface area contributed by atoms with Crippen LogP contribution in [0.4, 0.5) is 5.69 Å². The largest absolute Gasteiger partial charge is 0.377 e. The van der Waals surface area contributed by atoms with Gasteiger partial charge in [-0.2, -0.15) is 0 Å². The Morgan fingerprint density at radius 1 is 1.46 bits per heavy atom. The van der Waals surface area contributed by atoms with Gasteiger partial charge in [0.2, 0.25) is 0 Å². The molecular formula is C10H12ClNO. The summed E-state index contributed by atoms with van der Waals surface area (Å²) >= 11 is 6.02. The average molecular weight is 198 g/mol. The van der Waals surface area contributed by atoms with Gasteiger partial charge in [0.05, 0.1) is 30.0 Å². The van der Waals surface area contributed by atoms with Crippen LogP contribution >= 0.6 is 11.6 Å². The van der Waals surface area contributed by atoms with Crippen LogP contribution in [0.1, 0.15) is 5.56 Å². The normalized spacial score (nSPS) is 16.8. The molecule has 0 aromatic heterocycles. The molecule has 2 nitrogen and oxygen atoms in total. The van der Waals surface area contributed by atoms with Crippen molar-refractivity contribution in [2.24, 2.45) is 0 Å². The highest BCUT2D eigenvalue weighted by Crippen LogP contribution is 2.24. The summed E-state index contributed by atoms with van der Waals surface area (Å²) in [6.45, 7) is 3.62.